The Morgan fingerprint density at radius 3 is 2.70 bits per heavy atom. The minimum atomic E-state index is -0.446. The van der Waals surface area contributed by atoms with Crippen molar-refractivity contribution in [1.82, 2.24) is 0 Å². The lowest BCUT2D eigenvalue weighted by Crippen LogP contribution is -2.32. The summed E-state index contributed by atoms with van der Waals surface area (Å²) in [5, 5.41) is 19.7. The average Bonchev–Trinajstić information content (AvgIpc) is 2.58. The molecule has 23 heavy (non-hydrogen) atoms. The smallest absolute Gasteiger partial charge is 0.178 e. The van der Waals surface area contributed by atoms with Gasteiger partial charge in [0.15, 0.2) is 17.3 Å². The fourth-order valence-corrected chi connectivity index (χ4v) is 3.16. The average molecular weight is 306 g/mol. The molecule has 2 N–H and O–H groups in total. The van der Waals surface area contributed by atoms with E-state index in [-0.39, 0.29) is 34.5 Å². The first kappa shape index (κ1) is 13.6. The number of hydrogen-bond donors (Lipinski definition) is 2. The van der Waals surface area contributed by atoms with Crippen molar-refractivity contribution in [3.8, 4) is 11.5 Å². The third kappa shape index (κ3) is 2.03. The molecule has 0 saturated heterocycles. The Hall–Kier alpha value is -3.01. The van der Waals surface area contributed by atoms with Crippen LogP contribution in [0.25, 0.3) is 11.6 Å². The summed E-state index contributed by atoms with van der Waals surface area (Å²) in [7, 11) is 0. The van der Waals surface area contributed by atoms with Crippen LogP contribution < -0.4 is 0 Å². The standard InChI is InChI=1S/C19H14O4/c20-15-7-3-6-13(18(15)21)14-10-23-16-9-8-11-4-1-2-5-12(11)17(16)19(14)22/h1-10,16-17,20-21H. The van der Waals surface area contributed by atoms with Crippen LogP contribution >= 0.6 is 0 Å². The highest BCUT2D eigenvalue weighted by molar-refractivity contribution is 6.25. The molecule has 0 bridgehead atoms. The van der Waals surface area contributed by atoms with Crippen LogP contribution in [0.4, 0.5) is 0 Å². The number of para-hydroxylation sites is 1. The number of ketones is 1. The molecular formula is C19H14O4. The number of rotatable bonds is 1. The maximum absolute atomic E-state index is 13.0. The van der Waals surface area contributed by atoms with E-state index in [1.807, 2.05) is 36.4 Å². The highest BCUT2D eigenvalue weighted by Gasteiger charge is 2.39. The summed E-state index contributed by atoms with van der Waals surface area (Å²) in [5.74, 6) is -1.15. The molecule has 0 fully saturated rings. The largest absolute Gasteiger partial charge is 0.504 e. The number of allylic oxidation sites excluding steroid dienone is 1. The number of ether oxygens (including phenoxy) is 1. The van der Waals surface area contributed by atoms with Gasteiger partial charge in [-0.1, -0.05) is 42.5 Å². The van der Waals surface area contributed by atoms with Gasteiger partial charge in [-0.2, -0.15) is 0 Å². The Morgan fingerprint density at radius 2 is 1.83 bits per heavy atom. The summed E-state index contributed by atoms with van der Waals surface area (Å²) in [6.45, 7) is 0. The molecule has 1 aliphatic heterocycles. The van der Waals surface area contributed by atoms with Crippen LogP contribution in [0.1, 0.15) is 22.6 Å². The molecule has 2 aromatic carbocycles. The molecule has 0 saturated carbocycles. The van der Waals surface area contributed by atoms with Crippen LogP contribution in [0, 0.1) is 0 Å². The minimum absolute atomic E-state index is 0.126. The Kier molecular flexibility index (Phi) is 2.98. The van der Waals surface area contributed by atoms with Gasteiger partial charge in [0.2, 0.25) is 0 Å². The van der Waals surface area contributed by atoms with Crippen molar-refractivity contribution in [2.45, 2.75) is 12.0 Å². The molecule has 4 heteroatoms. The van der Waals surface area contributed by atoms with Gasteiger partial charge in [0.1, 0.15) is 6.10 Å². The zero-order valence-electron chi connectivity index (χ0n) is 12.1. The normalized spacial score (nSPS) is 21.9. The Bertz CT molecular complexity index is 863. The highest BCUT2D eigenvalue weighted by atomic mass is 16.5. The summed E-state index contributed by atoms with van der Waals surface area (Å²) in [5.41, 5.74) is 2.45. The number of carbonyl (C=O) groups is 1. The monoisotopic (exact) mass is 306 g/mol. The molecule has 0 spiro atoms. The van der Waals surface area contributed by atoms with E-state index in [1.54, 1.807) is 12.1 Å². The molecule has 1 heterocycles. The molecule has 1 aliphatic carbocycles. The van der Waals surface area contributed by atoms with Gasteiger partial charge < -0.3 is 14.9 Å². The van der Waals surface area contributed by atoms with Gasteiger partial charge in [-0.25, -0.2) is 0 Å². The summed E-state index contributed by atoms with van der Waals surface area (Å²) in [4.78, 5) is 13.0. The van der Waals surface area contributed by atoms with Crippen LogP contribution in [0.2, 0.25) is 0 Å². The van der Waals surface area contributed by atoms with Crippen molar-refractivity contribution >= 4 is 17.4 Å². The van der Waals surface area contributed by atoms with Gasteiger partial charge in [-0.05, 0) is 23.3 Å². The molecule has 0 aromatic heterocycles. The van der Waals surface area contributed by atoms with Crippen LogP contribution in [-0.4, -0.2) is 22.1 Å². The third-order valence-corrected chi connectivity index (χ3v) is 4.32. The second kappa shape index (κ2) is 5.02. The van der Waals surface area contributed by atoms with Crippen LogP contribution in [0.15, 0.2) is 54.8 Å². The van der Waals surface area contributed by atoms with Gasteiger partial charge in [0, 0.05) is 5.56 Å². The first-order valence-corrected chi connectivity index (χ1v) is 7.35. The SMILES string of the molecule is O=C1C(c2cccc(O)c2O)=COC2C=Cc3ccccc3C12. The molecular weight excluding hydrogens is 292 g/mol. The first-order valence-electron chi connectivity index (χ1n) is 7.35. The number of hydrogen-bond acceptors (Lipinski definition) is 4. The Labute approximate surface area is 133 Å². The summed E-state index contributed by atoms with van der Waals surface area (Å²) >= 11 is 0. The van der Waals surface area contributed by atoms with Crippen LogP contribution in [0.5, 0.6) is 11.5 Å². The minimum Gasteiger partial charge on any atom is -0.504 e. The molecule has 114 valence electrons. The molecule has 4 nitrogen and oxygen atoms in total. The lowest BCUT2D eigenvalue weighted by Gasteiger charge is -2.32. The van der Waals surface area contributed by atoms with E-state index >= 15 is 0 Å². The lowest BCUT2D eigenvalue weighted by molar-refractivity contribution is -0.118. The predicted octanol–water partition coefficient (Wildman–Crippen LogP) is 3.22. The maximum atomic E-state index is 13.0. The number of carbonyl (C=O) groups excluding carboxylic acids is 1. The number of phenolic OH excluding ortho intramolecular Hbond substituents is 2. The molecule has 0 radical (unpaired) electrons. The van der Waals surface area contributed by atoms with E-state index < -0.39 is 5.92 Å². The molecule has 0 amide bonds. The van der Waals surface area contributed by atoms with Crippen molar-refractivity contribution in [2.75, 3.05) is 0 Å². The van der Waals surface area contributed by atoms with E-state index in [1.165, 1.54) is 12.3 Å². The molecule has 2 unspecified atom stereocenters. The van der Waals surface area contributed by atoms with Crippen molar-refractivity contribution in [2.24, 2.45) is 0 Å². The van der Waals surface area contributed by atoms with Gasteiger partial charge >= 0.3 is 0 Å². The van der Waals surface area contributed by atoms with Gasteiger partial charge in [-0.3, -0.25) is 4.79 Å². The third-order valence-electron chi connectivity index (χ3n) is 4.32. The number of benzene rings is 2. The second-order valence-corrected chi connectivity index (χ2v) is 5.64. The number of fused-ring (bicyclic) bond motifs is 3. The van der Waals surface area contributed by atoms with Crippen LogP contribution in [0.3, 0.4) is 0 Å². The van der Waals surface area contributed by atoms with E-state index in [2.05, 4.69) is 0 Å². The zero-order valence-corrected chi connectivity index (χ0v) is 12.1. The predicted molar refractivity (Wildman–Crippen MR) is 85.8 cm³/mol. The molecule has 2 aliphatic rings. The van der Waals surface area contributed by atoms with Gasteiger partial charge in [-0.15, -0.1) is 0 Å². The molecule has 4 rings (SSSR count). The van der Waals surface area contributed by atoms with Crippen molar-refractivity contribution < 1.29 is 19.7 Å². The molecule has 2 atom stereocenters. The maximum Gasteiger partial charge on any atom is 0.178 e. The Balaban J connectivity index is 1.82. The number of Topliss-reactive ketones (excluding diaryl/α,β-unsaturated/α-hetero) is 1. The van der Waals surface area contributed by atoms with Gasteiger partial charge in [0.05, 0.1) is 17.8 Å². The summed E-state index contributed by atoms with van der Waals surface area (Å²) < 4.78 is 5.71. The van der Waals surface area contributed by atoms with E-state index in [0.717, 1.165) is 11.1 Å². The highest BCUT2D eigenvalue weighted by Crippen LogP contribution is 2.42. The topological polar surface area (TPSA) is 66.8 Å². The Morgan fingerprint density at radius 1 is 1.00 bits per heavy atom. The number of aromatic hydroxyl groups is 2. The van der Waals surface area contributed by atoms with E-state index in [4.69, 9.17) is 4.74 Å². The van der Waals surface area contributed by atoms with Crippen molar-refractivity contribution in [3.63, 3.8) is 0 Å². The van der Waals surface area contributed by atoms with Crippen molar-refractivity contribution in [3.05, 3.63) is 71.5 Å². The second-order valence-electron chi connectivity index (χ2n) is 5.64. The fraction of sp³-hybridized carbons (Fsp3) is 0.105. The van der Waals surface area contributed by atoms with Gasteiger partial charge in [0.25, 0.3) is 0 Å². The van der Waals surface area contributed by atoms with Crippen LogP contribution in [-0.2, 0) is 9.53 Å². The summed E-state index contributed by atoms with van der Waals surface area (Å²) in [6, 6.07) is 12.2. The first-order chi connectivity index (χ1) is 11.2. The zero-order chi connectivity index (χ0) is 16.0. The van der Waals surface area contributed by atoms with E-state index in [0.29, 0.717) is 0 Å². The lowest BCUT2D eigenvalue weighted by atomic mass is 9.78. The summed E-state index contributed by atoms with van der Waals surface area (Å²) in [6.07, 6.45) is 4.85. The van der Waals surface area contributed by atoms with E-state index in [9.17, 15) is 15.0 Å². The quantitative estimate of drug-likeness (QED) is 0.794. The van der Waals surface area contributed by atoms with Crippen molar-refractivity contribution in [1.29, 1.82) is 0 Å². The molecule has 2 aromatic rings. The number of phenols is 2. The fourth-order valence-electron chi connectivity index (χ4n) is 3.16.